The van der Waals surface area contributed by atoms with Crippen molar-refractivity contribution >= 4 is 23.2 Å². The smallest absolute Gasteiger partial charge is 0.226 e. The van der Waals surface area contributed by atoms with Crippen molar-refractivity contribution in [3.63, 3.8) is 0 Å². The van der Waals surface area contributed by atoms with E-state index in [2.05, 4.69) is 46.4 Å². The molecule has 1 aromatic carbocycles. The minimum Gasteiger partial charge on any atom is -0.369 e. The lowest BCUT2D eigenvalue weighted by Gasteiger charge is -2.38. The van der Waals surface area contributed by atoms with E-state index < -0.39 is 0 Å². The lowest BCUT2D eigenvalue weighted by atomic mass is 10.2. The number of hydrogen-bond donors (Lipinski definition) is 2. The van der Waals surface area contributed by atoms with Crippen LogP contribution in [0.2, 0.25) is 0 Å². The predicted octanol–water partition coefficient (Wildman–Crippen LogP) is 1.68. The van der Waals surface area contributed by atoms with Gasteiger partial charge in [0, 0.05) is 63.5 Å². The Morgan fingerprint density at radius 2 is 1.71 bits per heavy atom. The van der Waals surface area contributed by atoms with Crippen molar-refractivity contribution in [3.8, 4) is 0 Å². The molecule has 1 heterocycles. The predicted molar refractivity (Wildman–Crippen MR) is 97.3 cm³/mol. The Morgan fingerprint density at radius 1 is 1.08 bits per heavy atom. The molecular weight excluding hydrogens is 304 g/mol. The van der Waals surface area contributed by atoms with Gasteiger partial charge in [-0.15, -0.1) is 0 Å². The molecule has 2 amide bonds. The number of hydrogen-bond acceptors (Lipinski definition) is 4. The minimum atomic E-state index is -0.121. The van der Waals surface area contributed by atoms with Gasteiger partial charge in [-0.05, 0) is 38.1 Å². The molecule has 6 nitrogen and oxygen atoms in total. The van der Waals surface area contributed by atoms with Gasteiger partial charge in [0.05, 0.1) is 0 Å². The Bertz CT molecular complexity index is 549. The second kappa shape index (κ2) is 8.68. The molecule has 0 atom stereocenters. The molecule has 0 bridgehead atoms. The number of nitrogens with one attached hydrogen (secondary N) is 2. The van der Waals surface area contributed by atoms with Crippen molar-refractivity contribution in [2.45, 2.75) is 33.2 Å². The van der Waals surface area contributed by atoms with E-state index in [1.54, 1.807) is 0 Å². The SMILES string of the molecule is CC(=O)NCCC(=O)Nc1ccc(N2CCN(C(C)C)CC2)cc1. The number of benzene rings is 1. The monoisotopic (exact) mass is 332 g/mol. The first-order valence-electron chi connectivity index (χ1n) is 8.59. The van der Waals surface area contributed by atoms with Crippen molar-refractivity contribution < 1.29 is 9.59 Å². The van der Waals surface area contributed by atoms with Crippen LogP contribution < -0.4 is 15.5 Å². The van der Waals surface area contributed by atoms with Gasteiger partial charge in [-0.3, -0.25) is 14.5 Å². The standard InChI is InChI=1S/C18H28N4O2/c1-14(2)21-10-12-22(13-11-21)17-6-4-16(5-7-17)20-18(24)8-9-19-15(3)23/h4-7,14H,8-13H2,1-3H3,(H,19,23)(H,20,24). The lowest BCUT2D eigenvalue weighted by Crippen LogP contribution is -2.48. The van der Waals surface area contributed by atoms with Gasteiger partial charge in [0.1, 0.15) is 0 Å². The maximum absolute atomic E-state index is 11.8. The Hall–Kier alpha value is -2.08. The highest BCUT2D eigenvalue weighted by Crippen LogP contribution is 2.20. The number of rotatable bonds is 6. The Labute approximate surface area is 144 Å². The van der Waals surface area contributed by atoms with Crippen molar-refractivity contribution in [3.05, 3.63) is 24.3 Å². The van der Waals surface area contributed by atoms with Crippen molar-refractivity contribution in [2.24, 2.45) is 0 Å². The largest absolute Gasteiger partial charge is 0.369 e. The zero-order chi connectivity index (χ0) is 17.5. The fourth-order valence-electron chi connectivity index (χ4n) is 2.83. The van der Waals surface area contributed by atoms with Gasteiger partial charge in [0.2, 0.25) is 11.8 Å². The summed E-state index contributed by atoms with van der Waals surface area (Å²) in [7, 11) is 0. The number of carbonyl (C=O) groups is 2. The average Bonchev–Trinajstić information content (AvgIpc) is 2.55. The molecule has 0 unspecified atom stereocenters. The summed E-state index contributed by atoms with van der Waals surface area (Å²) in [6.45, 7) is 10.5. The molecule has 2 N–H and O–H groups in total. The molecule has 2 rings (SSSR count). The zero-order valence-electron chi connectivity index (χ0n) is 14.8. The quantitative estimate of drug-likeness (QED) is 0.832. The first kappa shape index (κ1) is 18.3. The van der Waals surface area contributed by atoms with E-state index in [1.807, 2.05) is 12.1 Å². The van der Waals surface area contributed by atoms with Crippen LogP contribution in [-0.4, -0.2) is 55.5 Å². The molecule has 1 aliphatic rings. The van der Waals surface area contributed by atoms with Gasteiger partial charge < -0.3 is 15.5 Å². The normalized spacial score (nSPS) is 15.4. The van der Waals surface area contributed by atoms with Gasteiger partial charge in [-0.2, -0.15) is 0 Å². The summed E-state index contributed by atoms with van der Waals surface area (Å²) in [5.41, 5.74) is 1.97. The fourth-order valence-corrected chi connectivity index (χ4v) is 2.83. The molecule has 0 spiro atoms. The number of piperazine rings is 1. The molecule has 24 heavy (non-hydrogen) atoms. The highest BCUT2D eigenvalue weighted by atomic mass is 16.2. The molecule has 1 saturated heterocycles. The third kappa shape index (κ3) is 5.53. The molecule has 0 aliphatic carbocycles. The summed E-state index contributed by atoms with van der Waals surface area (Å²) in [4.78, 5) is 27.4. The van der Waals surface area contributed by atoms with Crippen LogP contribution >= 0.6 is 0 Å². The maximum Gasteiger partial charge on any atom is 0.226 e. The van der Waals surface area contributed by atoms with Crippen LogP contribution in [0, 0.1) is 0 Å². The second-order valence-corrected chi connectivity index (χ2v) is 6.44. The van der Waals surface area contributed by atoms with Crippen molar-refractivity contribution in [1.29, 1.82) is 0 Å². The van der Waals surface area contributed by atoms with Crippen LogP contribution in [0.3, 0.4) is 0 Å². The maximum atomic E-state index is 11.8. The average molecular weight is 332 g/mol. The zero-order valence-corrected chi connectivity index (χ0v) is 14.8. The van der Waals surface area contributed by atoms with Gasteiger partial charge >= 0.3 is 0 Å². The number of carbonyl (C=O) groups excluding carboxylic acids is 2. The van der Waals surface area contributed by atoms with E-state index in [-0.39, 0.29) is 18.2 Å². The second-order valence-electron chi connectivity index (χ2n) is 6.44. The molecule has 6 heteroatoms. The lowest BCUT2D eigenvalue weighted by molar-refractivity contribution is -0.119. The summed E-state index contributed by atoms with van der Waals surface area (Å²) in [6.07, 6.45) is 0.276. The molecule has 1 fully saturated rings. The van der Waals surface area contributed by atoms with Crippen LogP contribution in [0.5, 0.6) is 0 Å². The number of amides is 2. The highest BCUT2D eigenvalue weighted by molar-refractivity contribution is 5.91. The first-order valence-corrected chi connectivity index (χ1v) is 8.59. The highest BCUT2D eigenvalue weighted by Gasteiger charge is 2.18. The Morgan fingerprint density at radius 3 is 2.25 bits per heavy atom. The third-order valence-corrected chi connectivity index (χ3v) is 4.29. The number of nitrogens with zero attached hydrogens (tertiary/aromatic N) is 2. The molecule has 1 aliphatic heterocycles. The van der Waals surface area contributed by atoms with Crippen molar-refractivity contribution in [1.82, 2.24) is 10.2 Å². The van der Waals surface area contributed by atoms with Crippen LogP contribution in [0.25, 0.3) is 0 Å². The molecule has 132 valence electrons. The van der Waals surface area contributed by atoms with Gasteiger partial charge in [0.15, 0.2) is 0 Å². The van der Waals surface area contributed by atoms with Crippen LogP contribution in [0.4, 0.5) is 11.4 Å². The molecule has 0 aromatic heterocycles. The van der Waals surface area contributed by atoms with Crippen molar-refractivity contribution in [2.75, 3.05) is 42.9 Å². The summed E-state index contributed by atoms with van der Waals surface area (Å²) in [5, 5.41) is 5.47. The van der Waals surface area contributed by atoms with Gasteiger partial charge in [-0.25, -0.2) is 0 Å². The topological polar surface area (TPSA) is 64.7 Å². The van der Waals surface area contributed by atoms with Gasteiger partial charge in [-0.1, -0.05) is 0 Å². The van der Waals surface area contributed by atoms with Crippen LogP contribution in [0.1, 0.15) is 27.2 Å². The van der Waals surface area contributed by atoms with E-state index in [0.29, 0.717) is 12.6 Å². The molecular formula is C18H28N4O2. The van der Waals surface area contributed by atoms with E-state index in [4.69, 9.17) is 0 Å². The molecule has 1 aromatic rings. The van der Waals surface area contributed by atoms with Gasteiger partial charge in [0.25, 0.3) is 0 Å². The van der Waals surface area contributed by atoms with Crippen LogP contribution in [0.15, 0.2) is 24.3 Å². The number of anilines is 2. The molecule has 0 radical (unpaired) electrons. The van der Waals surface area contributed by atoms with E-state index in [9.17, 15) is 9.59 Å². The fraction of sp³-hybridized carbons (Fsp3) is 0.556. The summed E-state index contributed by atoms with van der Waals surface area (Å²) < 4.78 is 0. The minimum absolute atomic E-state index is 0.0953. The summed E-state index contributed by atoms with van der Waals surface area (Å²) in [5.74, 6) is -0.216. The van der Waals surface area contributed by atoms with E-state index >= 15 is 0 Å². The molecule has 0 saturated carbocycles. The van der Waals surface area contributed by atoms with E-state index in [0.717, 1.165) is 31.9 Å². The Balaban J connectivity index is 1.80. The Kier molecular flexibility index (Phi) is 6.61. The summed E-state index contributed by atoms with van der Waals surface area (Å²) in [6, 6.07) is 8.56. The van der Waals surface area contributed by atoms with E-state index in [1.165, 1.54) is 12.6 Å². The van der Waals surface area contributed by atoms with Crippen LogP contribution in [-0.2, 0) is 9.59 Å². The first-order chi connectivity index (χ1) is 11.5. The summed E-state index contributed by atoms with van der Waals surface area (Å²) >= 11 is 0. The third-order valence-electron chi connectivity index (χ3n) is 4.29.